The fraction of sp³-hybridized carbons (Fsp3) is 0.600. The fourth-order valence-corrected chi connectivity index (χ4v) is 2.21. The summed E-state index contributed by atoms with van der Waals surface area (Å²) in [5.41, 5.74) is 1.01. The Labute approximate surface area is 121 Å². The first kappa shape index (κ1) is 17.1. The van der Waals surface area contributed by atoms with E-state index in [4.69, 9.17) is 10.0 Å². The highest BCUT2D eigenvalue weighted by molar-refractivity contribution is 6.58. The third-order valence-corrected chi connectivity index (χ3v) is 3.34. The lowest BCUT2D eigenvalue weighted by atomic mass is 9.79. The number of benzene rings is 1. The molecule has 0 saturated heterocycles. The van der Waals surface area contributed by atoms with Gasteiger partial charge < -0.3 is 10.0 Å². The number of hydrogen-bond donors (Lipinski definition) is 2. The van der Waals surface area contributed by atoms with Crippen LogP contribution in [0.25, 0.3) is 0 Å². The van der Waals surface area contributed by atoms with Crippen molar-refractivity contribution in [1.29, 1.82) is 0 Å². The van der Waals surface area contributed by atoms with Gasteiger partial charge in [0.05, 0.1) is 0 Å². The Kier molecular flexibility index (Phi) is 7.81. The Bertz CT molecular complexity index is 393. The normalized spacial score (nSPS) is 11.1. The number of hydrogen-bond acceptors (Lipinski definition) is 3. The van der Waals surface area contributed by atoms with Gasteiger partial charge in [0.2, 0.25) is 0 Å². The van der Waals surface area contributed by atoms with E-state index in [-0.39, 0.29) is 5.46 Å². The number of unbranched alkanes of at least 4 members (excludes halogenated alkanes) is 2. The van der Waals surface area contributed by atoms with Crippen molar-refractivity contribution in [2.24, 2.45) is 0 Å². The minimum Gasteiger partial charge on any atom is -0.423 e. The van der Waals surface area contributed by atoms with Gasteiger partial charge in [-0.05, 0) is 49.1 Å². The van der Waals surface area contributed by atoms with E-state index >= 15 is 0 Å². The Hall–Kier alpha value is -0.905. The summed E-state index contributed by atoms with van der Waals surface area (Å²) in [5, 5.41) is 18.3. The van der Waals surface area contributed by atoms with Crippen molar-refractivity contribution in [1.82, 2.24) is 4.90 Å². The van der Waals surface area contributed by atoms with Gasteiger partial charge in [-0.3, -0.25) is 4.90 Å². The van der Waals surface area contributed by atoms with Crippen LogP contribution in [-0.4, -0.2) is 35.2 Å². The highest BCUT2D eigenvalue weighted by atomic mass is 19.1. The van der Waals surface area contributed by atoms with E-state index in [0.29, 0.717) is 6.54 Å². The monoisotopic (exact) mass is 281 g/mol. The van der Waals surface area contributed by atoms with Gasteiger partial charge in [-0.1, -0.05) is 32.8 Å². The molecule has 1 rings (SSSR count). The van der Waals surface area contributed by atoms with Crippen LogP contribution in [-0.2, 0) is 6.54 Å². The first-order chi connectivity index (χ1) is 9.56. The number of rotatable bonds is 9. The molecular weight excluding hydrogens is 256 g/mol. The molecular formula is C15H25BFNO2. The molecule has 0 aliphatic rings. The zero-order chi connectivity index (χ0) is 15.0. The summed E-state index contributed by atoms with van der Waals surface area (Å²) in [7, 11) is -1.62. The van der Waals surface area contributed by atoms with Gasteiger partial charge >= 0.3 is 7.12 Å². The van der Waals surface area contributed by atoms with E-state index in [2.05, 4.69) is 18.7 Å². The standard InChI is InChI=1S/C15H25BFNO2/c1-3-5-7-18(8-6-4-2)12-13-9-14(16(19)20)11-15(17)10-13/h9-11,19-20H,3-8,12H2,1-2H3. The molecule has 0 heterocycles. The minimum absolute atomic E-state index is 0.214. The van der Waals surface area contributed by atoms with E-state index in [1.54, 1.807) is 6.07 Å². The second-order valence-corrected chi connectivity index (χ2v) is 5.25. The van der Waals surface area contributed by atoms with E-state index < -0.39 is 12.9 Å². The van der Waals surface area contributed by atoms with Crippen molar-refractivity contribution in [2.75, 3.05) is 13.1 Å². The lowest BCUT2D eigenvalue weighted by molar-refractivity contribution is 0.257. The minimum atomic E-state index is -1.62. The number of halogens is 1. The summed E-state index contributed by atoms with van der Waals surface area (Å²) in [4.78, 5) is 2.30. The highest BCUT2D eigenvalue weighted by Gasteiger charge is 2.14. The first-order valence-corrected chi connectivity index (χ1v) is 7.44. The zero-order valence-corrected chi connectivity index (χ0v) is 12.5. The molecule has 1 aromatic carbocycles. The maximum Gasteiger partial charge on any atom is 0.488 e. The van der Waals surface area contributed by atoms with Crippen LogP contribution in [0.5, 0.6) is 0 Å². The predicted molar refractivity (Wildman–Crippen MR) is 81.3 cm³/mol. The van der Waals surface area contributed by atoms with Crippen molar-refractivity contribution in [3.63, 3.8) is 0 Å². The van der Waals surface area contributed by atoms with Gasteiger partial charge in [-0.15, -0.1) is 0 Å². The average Bonchev–Trinajstić information content (AvgIpc) is 2.41. The van der Waals surface area contributed by atoms with Gasteiger partial charge in [-0.2, -0.15) is 0 Å². The largest absolute Gasteiger partial charge is 0.488 e. The Balaban J connectivity index is 2.75. The maximum absolute atomic E-state index is 13.5. The quantitative estimate of drug-likeness (QED) is 0.680. The van der Waals surface area contributed by atoms with Crippen LogP contribution >= 0.6 is 0 Å². The summed E-state index contributed by atoms with van der Waals surface area (Å²) in [6.07, 6.45) is 4.50. The molecule has 0 aromatic heterocycles. The van der Waals surface area contributed by atoms with Crippen LogP contribution in [0, 0.1) is 5.82 Å². The van der Waals surface area contributed by atoms with Crippen LogP contribution in [0.4, 0.5) is 4.39 Å². The van der Waals surface area contributed by atoms with Crippen molar-refractivity contribution in [2.45, 2.75) is 46.1 Å². The SMILES string of the molecule is CCCCN(CCCC)Cc1cc(F)cc(B(O)O)c1. The highest BCUT2D eigenvalue weighted by Crippen LogP contribution is 2.09. The molecule has 0 atom stereocenters. The summed E-state index contributed by atoms with van der Waals surface area (Å²) >= 11 is 0. The molecule has 2 N–H and O–H groups in total. The molecule has 0 spiro atoms. The molecule has 0 amide bonds. The molecule has 112 valence electrons. The lowest BCUT2D eigenvalue weighted by Gasteiger charge is -2.22. The molecule has 0 aliphatic heterocycles. The summed E-state index contributed by atoms with van der Waals surface area (Å²) in [5.74, 6) is -0.420. The van der Waals surface area contributed by atoms with Crippen LogP contribution in [0.1, 0.15) is 45.1 Å². The Morgan fingerprint density at radius 3 is 2.15 bits per heavy atom. The molecule has 0 fully saturated rings. The molecule has 20 heavy (non-hydrogen) atoms. The van der Waals surface area contributed by atoms with E-state index in [0.717, 1.165) is 50.4 Å². The van der Waals surface area contributed by atoms with Crippen LogP contribution in [0.2, 0.25) is 0 Å². The molecule has 0 radical (unpaired) electrons. The average molecular weight is 281 g/mol. The smallest absolute Gasteiger partial charge is 0.423 e. The second-order valence-electron chi connectivity index (χ2n) is 5.25. The molecule has 1 aromatic rings. The lowest BCUT2D eigenvalue weighted by Crippen LogP contribution is -2.32. The molecule has 0 bridgehead atoms. The molecule has 3 nitrogen and oxygen atoms in total. The third-order valence-electron chi connectivity index (χ3n) is 3.34. The topological polar surface area (TPSA) is 43.7 Å². The first-order valence-electron chi connectivity index (χ1n) is 7.44. The van der Waals surface area contributed by atoms with Gasteiger partial charge in [0.1, 0.15) is 5.82 Å². The molecule has 0 aliphatic carbocycles. The summed E-state index contributed by atoms with van der Waals surface area (Å²) in [6.45, 7) is 6.94. The van der Waals surface area contributed by atoms with Crippen LogP contribution in [0.15, 0.2) is 18.2 Å². The van der Waals surface area contributed by atoms with Crippen LogP contribution < -0.4 is 5.46 Å². The van der Waals surface area contributed by atoms with Crippen molar-refractivity contribution in [3.05, 3.63) is 29.6 Å². The van der Waals surface area contributed by atoms with Gasteiger partial charge in [0.25, 0.3) is 0 Å². The third kappa shape index (κ3) is 6.03. The number of nitrogens with zero attached hydrogens (tertiary/aromatic N) is 1. The molecule has 0 saturated carbocycles. The summed E-state index contributed by atoms with van der Waals surface area (Å²) < 4.78 is 13.5. The molecule has 0 unspecified atom stereocenters. The second kappa shape index (κ2) is 9.11. The van der Waals surface area contributed by atoms with Crippen molar-refractivity contribution in [3.8, 4) is 0 Å². The van der Waals surface area contributed by atoms with E-state index in [1.807, 2.05) is 0 Å². The van der Waals surface area contributed by atoms with Gasteiger partial charge in [0.15, 0.2) is 0 Å². The van der Waals surface area contributed by atoms with Crippen molar-refractivity contribution >= 4 is 12.6 Å². The zero-order valence-electron chi connectivity index (χ0n) is 12.5. The predicted octanol–water partition coefficient (Wildman–Crippen LogP) is 1.91. The summed E-state index contributed by atoms with van der Waals surface area (Å²) in [6, 6.07) is 4.30. The van der Waals surface area contributed by atoms with Gasteiger partial charge in [-0.25, -0.2) is 4.39 Å². The van der Waals surface area contributed by atoms with Gasteiger partial charge in [0, 0.05) is 6.54 Å². The van der Waals surface area contributed by atoms with E-state index in [1.165, 1.54) is 6.07 Å². The fourth-order valence-electron chi connectivity index (χ4n) is 2.21. The van der Waals surface area contributed by atoms with Crippen molar-refractivity contribution < 1.29 is 14.4 Å². The van der Waals surface area contributed by atoms with E-state index in [9.17, 15) is 4.39 Å². The maximum atomic E-state index is 13.5. The Morgan fingerprint density at radius 2 is 1.65 bits per heavy atom. The van der Waals surface area contributed by atoms with Crippen LogP contribution in [0.3, 0.4) is 0 Å². The molecule has 5 heteroatoms. The Morgan fingerprint density at radius 1 is 1.05 bits per heavy atom.